The molecular formula is C21H29N5O3. The molecule has 29 heavy (non-hydrogen) atoms. The molecule has 1 atom stereocenters. The summed E-state index contributed by atoms with van der Waals surface area (Å²) in [5.41, 5.74) is 7.51. The molecule has 2 aromatic heterocycles. The number of hydrogen-bond acceptors (Lipinski definition) is 6. The molecular weight excluding hydrogens is 370 g/mol. The van der Waals surface area contributed by atoms with Gasteiger partial charge in [0.1, 0.15) is 0 Å². The van der Waals surface area contributed by atoms with E-state index in [0.29, 0.717) is 29.6 Å². The number of rotatable bonds is 5. The number of piperidine rings is 2. The first-order chi connectivity index (χ1) is 14.0. The lowest BCUT2D eigenvalue weighted by atomic mass is 9.90. The molecule has 0 saturated carbocycles. The van der Waals surface area contributed by atoms with Gasteiger partial charge in [0.05, 0.1) is 0 Å². The van der Waals surface area contributed by atoms with E-state index >= 15 is 0 Å². The van der Waals surface area contributed by atoms with Crippen LogP contribution in [-0.2, 0) is 9.59 Å². The SMILES string of the molecule is Cc1ccc2oc(N3CCC(C(=O)N4CCCC(CCC(N)=O)C4)CC3)nc2n1. The Labute approximate surface area is 170 Å². The monoisotopic (exact) mass is 399 g/mol. The summed E-state index contributed by atoms with van der Waals surface area (Å²) in [7, 11) is 0. The van der Waals surface area contributed by atoms with Crippen molar-refractivity contribution in [3.63, 3.8) is 0 Å². The van der Waals surface area contributed by atoms with E-state index < -0.39 is 0 Å². The lowest BCUT2D eigenvalue weighted by molar-refractivity contribution is -0.138. The Hall–Kier alpha value is -2.64. The molecule has 8 nitrogen and oxygen atoms in total. The number of amides is 2. The topological polar surface area (TPSA) is 106 Å². The van der Waals surface area contributed by atoms with Gasteiger partial charge >= 0.3 is 0 Å². The molecule has 2 N–H and O–H groups in total. The van der Waals surface area contributed by atoms with Gasteiger partial charge in [-0.1, -0.05) is 0 Å². The molecule has 4 heterocycles. The quantitative estimate of drug-likeness (QED) is 0.827. The molecule has 0 aromatic carbocycles. The molecule has 2 aromatic rings. The summed E-state index contributed by atoms with van der Waals surface area (Å²) in [5.74, 6) is 0.426. The van der Waals surface area contributed by atoms with E-state index in [0.717, 1.165) is 64.0 Å². The first-order valence-electron chi connectivity index (χ1n) is 10.6. The summed E-state index contributed by atoms with van der Waals surface area (Å²) < 4.78 is 5.85. The number of aromatic nitrogens is 2. The van der Waals surface area contributed by atoms with Gasteiger partial charge in [-0.25, -0.2) is 4.98 Å². The van der Waals surface area contributed by atoms with Gasteiger partial charge in [0.2, 0.25) is 17.5 Å². The highest BCUT2D eigenvalue weighted by Gasteiger charge is 2.32. The zero-order valence-electron chi connectivity index (χ0n) is 17.0. The van der Waals surface area contributed by atoms with Gasteiger partial charge in [-0.05, 0) is 57.1 Å². The van der Waals surface area contributed by atoms with Crippen LogP contribution in [0.25, 0.3) is 11.2 Å². The highest BCUT2D eigenvalue weighted by molar-refractivity contribution is 5.79. The van der Waals surface area contributed by atoms with Crippen molar-refractivity contribution in [2.75, 3.05) is 31.1 Å². The van der Waals surface area contributed by atoms with Crippen LogP contribution in [0.4, 0.5) is 6.01 Å². The molecule has 2 aliphatic heterocycles. The van der Waals surface area contributed by atoms with Crippen LogP contribution >= 0.6 is 0 Å². The van der Waals surface area contributed by atoms with Crippen molar-refractivity contribution in [3.8, 4) is 0 Å². The Kier molecular flexibility index (Phi) is 5.69. The fourth-order valence-corrected chi connectivity index (χ4v) is 4.46. The van der Waals surface area contributed by atoms with Crippen molar-refractivity contribution >= 4 is 29.1 Å². The lowest BCUT2D eigenvalue weighted by Crippen LogP contribution is -2.46. The van der Waals surface area contributed by atoms with Crippen molar-refractivity contribution in [3.05, 3.63) is 17.8 Å². The number of carbonyl (C=O) groups is 2. The maximum Gasteiger partial charge on any atom is 0.299 e. The van der Waals surface area contributed by atoms with Crippen LogP contribution in [0.3, 0.4) is 0 Å². The number of nitrogens with two attached hydrogens (primary N) is 1. The van der Waals surface area contributed by atoms with Crippen molar-refractivity contribution < 1.29 is 14.0 Å². The lowest BCUT2D eigenvalue weighted by Gasteiger charge is -2.37. The normalized spacial score (nSPS) is 20.9. The first-order valence-corrected chi connectivity index (χ1v) is 10.6. The Morgan fingerprint density at radius 1 is 1.17 bits per heavy atom. The van der Waals surface area contributed by atoms with Gasteiger partial charge in [-0.3, -0.25) is 9.59 Å². The summed E-state index contributed by atoms with van der Waals surface area (Å²) >= 11 is 0. The van der Waals surface area contributed by atoms with Crippen molar-refractivity contribution in [2.45, 2.75) is 45.4 Å². The van der Waals surface area contributed by atoms with Crippen LogP contribution in [0, 0.1) is 18.8 Å². The zero-order chi connectivity index (χ0) is 20.4. The second-order valence-electron chi connectivity index (χ2n) is 8.33. The second-order valence-corrected chi connectivity index (χ2v) is 8.33. The van der Waals surface area contributed by atoms with Crippen molar-refractivity contribution in [2.24, 2.45) is 17.6 Å². The van der Waals surface area contributed by atoms with Crippen LogP contribution in [0.1, 0.15) is 44.2 Å². The molecule has 8 heteroatoms. The number of hydrogen-bond donors (Lipinski definition) is 1. The summed E-state index contributed by atoms with van der Waals surface area (Å²) in [4.78, 5) is 37.1. The number of pyridine rings is 1. The van der Waals surface area contributed by atoms with Crippen molar-refractivity contribution in [1.82, 2.24) is 14.9 Å². The van der Waals surface area contributed by atoms with E-state index in [4.69, 9.17) is 10.2 Å². The largest absolute Gasteiger partial charge is 0.422 e. The van der Waals surface area contributed by atoms with Crippen LogP contribution in [0.15, 0.2) is 16.5 Å². The van der Waals surface area contributed by atoms with Crippen LogP contribution in [-0.4, -0.2) is 52.9 Å². The van der Waals surface area contributed by atoms with Gasteiger partial charge in [0.25, 0.3) is 6.01 Å². The maximum absolute atomic E-state index is 13.0. The minimum atomic E-state index is -0.259. The number of likely N-dealkylation sites (tertiary alicyclic amines) is 1. The predicted octanol–water partition coefficient (Wildman–Crippen LogP) is 2.25. The van der Waals surface area contributed by atoms with E-state index in [1.165, 1.54) is 0 Å². The van der Waals surface area contributed by atoms with Gasteiger partial charge < -0.3 is 20.0 Å². The van der Waals surface area contributed by atoms with Gasteiger partial charge in [-0.2, -0.15) is 4.98 Å². The van der Waals surface area contributed by atoms with E-state index in [1.54, 1.807) is 0 Å². The molecule has 0 aliphatic carbocycles. The molecule has 2 aliphatic rings. The predicted molar refractivity (Wildman–Crippen MR) is 109 cm³/mol. The number of fused-ring (bicyclic) bond motifs is 1. The molecule has 2 saturated heterocycles. The highest BCUT2D eigenvalue weighted by atomic mass is 16.4. The Bertz CT molecular complexity index is 888. The summed E-state index contributed by atoms with van der Waals surface area (Å²) in [6.45, 7) is 5.01. The molecule has 156 valence electrons. The maximum atomic E-state index is 13.0. The number of oxazole rings is 1. The van der Waals surface area contributed by atoms with E-state index in [9.17, 15) is 9.59 Å². The smallest absolute Gasteiger partial charge is 0.299 e. The van der Waals surface area contributed by atoms with Crippen LogP contribution < -0.4 is 10.6 Å². The summed E-state index contributed by atoms with van der Waals surface area (Å²) in [6.07, 6.45) is 4.86. The van der Waals surface area contributed by atoms with E-state index in [2.05, 4.69) is 14.9 Å². The summed E-state index contributed by atoms with van der Waals surface area (Å²) in [6, 6.07) is 4.40. The Morgan fingerprint density at radius 2 is 1.97 bits per heavy atom. The molecule has 0 bridgehead atoms. The summed E-state index contributed by atoms with van der Waals surface area (Å²) in [5, 5.41) is 0. The third-order valence-electron chi connectivity index (χ3n) is 6.13. The number of nitrogens with zero attached hydrogens (tertiary/aromatic N) is 4. The average molecular weight is 399 g/mol. The fourth-order valence-electron chi connectivity index (χ4n) is 4.46. The average Bonchev–Trinajstić information content (AvgIpc) is 3.15. The highest BCUT2D eigenvalue weighted by Crippen LogP contribution is 2.28. The Morgan fingerprint density at radius 3 is 2.72 bits per heavy atom. The first kappa shape index (κ1) is 19.7. The number of primary amides is 1. The van der Waals surface area contributed by atoms with Crippen molar-refractivity contribution in [1.29, 1.82) is 0 Å². The molecule has 2 amide bonds. The number of aryl methyl sites for hydroxylation is 1. The fraction of sp³-hybridized carbons (Fsp3) is 0.619. The minimum absolute atomic E-state index is 0.0471. The third-order valence-corrected chi connectivity index (χ3v) is 6.13. The van der Waals surface area contributed by atoms with Gasteiger partial charge in [0.15, 0.2) is 5.58 Å². The molecule has 0 radical (unpaired) electrons. The molecule has 1 unspecified atom stereocenters. The molecule has 2 fully saturated rings. The van der Waals surface area contributed by atoms with Crippen LogP contribution in [0.2, 0.25) is 0 Å². The van der Waals surface area contributed by atoms with E-state index in [-0.39, 0.29) is 17.7 Å². The Balaban J connectivity index is 1.32. The zero-order valence-corrected chi connectivity index (χ0v) is 17.0. The number of carbonyl (C=O) groups excluding carboxylic acids is 2. The minimum Gasteiger partial charge on any atom is -0.422 e. The van der Waals surface area contributed by atoms with Gasteiger partial charge in [0, 0.05) is 44.2 Å². The molecule has 0 spiro atoms. The third kappa shape index (κ3) is 4.52. The van der Waals surface area contributed by atoms with Crippen LogP contribution in [0.5, 0.6) is 0 Å². The van der Waals surface area contributed by atoms with E-state index in [1.807, 2.05) is 24.0 Å². The molecule has 4 rings (SSSR count). The second kappa shape index (κ2) is 8.39. The number of anilines is 1. The van der Waals surface area contributed by atoms with Gasteiger partial charge in [-0.15, -0.1) is 0 Å². The standard InChI is InChI=1S/C21H29N5O3/c1-14-4-6-17-19(23-14)24-21(29-17)25-11-8-16(9-12-25)20(28)26-10-2-3-15(13-26)5-7-18(22)27/h4,6,15-16H,2-3,5,7-13H2,1H3,(H2,22,27).